The van der Waals surface area contributed by atoms with Crippen LogP contribution in [0.3, 0.4) is 0 Å². The van der Waals surface area contributed by atoms with Gasteiger partial charge in [0, 0.05) is 18.6 Å². The Morgan fingerprint density at radius 2 is 2.15 bits per heavy atom. The fourth-order valence-corrected chi connectivity index (χ4v) is 3.02. The molecule has 6 nitrogen and oxygen atoms in total. The number of aromatic amines is 1. The lowest BCUT2D eigenvalue weighted by Gasteiger charge is -2.16. The van der Waals surface area contributed by atoms with E-state index in [1.165, 1.54) is 16.4 Å². The van der Waals surface area contributed by atoms with Gasteiger partial charge in [-0.2, -0.15) is 4.98 Å². The zero-order valence-corrected chi connectivity index (χ0v) is 12.2. The lowest BCUT2D eigenvalue weighted by molar-refractivity contribution is 0.595. The predicted molar refractivity (Wildman–Crippen MR) is 79.2 cm³/mol. The summed E-state index contributed by atoms with van der Waals surface area (Å²) in [5.74, 6) is 0. The summed E-state index contributed by atoms with van der Waals surface area (Å²) in [7, 11) is 1.61. The van der Waals surface area contributed by atoms with Crippen LogP contribution in [0.2, 0.25) is 5.02 Å². The smallest absolute Gasteiger partial charge is 0.329 e. The van der Waals surface area contributed by atoms with Crippen molar-refractivity contribution in [2.45, 2.75) is 10.4 Å². The lowest BCUT2D eigenvalue weighted by atomic mass is 10.1. The van der Waals surface area contributed by atoms with Crippen molar-refractivity contribution in [3.63, 3.8) is 0 Å². The molecule has 0 aliphatic carbocycles. The normalized spacial score (nSPS) is 12.3. The molecule has 1 unspecified atom stereocenters. The highest BCUT2D eigenvalue weighted by Crippen LogP contribution is 2.35. The number of nitrogens with two attached hydrogens (primary N) is 1. The third-order valence-corrected chi connectivity index (χ3v) is 4.31. The van der Waals surface area contributed by atoms with Crippen LogP contribution in [-0.4, -0.2) is 21.3 Å². The van der Waals surface area contributed by atoms with E-state index < -0.39 is 11.1 Å². The van der Waals surface area contributed by atoms with Crippen LogP contribution >= 0.6 is 23.4 Å². The summed E-state index contributed by atoms with van der Waals surface area (Å²) in [6.07, 6.45) is 0. The van der Waals surface area contributed by atoms with E-state index in [-0.39, 0.29) is 5.25 Å². The summed E-state index contributed by atoms with van der Waals surface area (Å²) < 4.78 is 1.40. The van der Waals surface area contributed by atoms with Gasteiger partial charge < -0.3 is 5.73 Å². The number of rotatable bonds is 4. The Hall–Kier alpha value is -1.57. The first kappa shape index (κ1) is 14.8. The summed E-state index contributed by atoms with van der Waals surface area (Å²) in [4.78, 5) is 26.2. The molecule has 1 aromatic heterocycles. The standard InChI is InChI=1S/C12H13ClN4O2S/c1-17-12(15-10(18)11(19)16-17)20-9(6-14)7-4-2-3-5-8(7)13/h2-5,9H,6,14H2,1H3,(H,16,19). The van der Waals surface area contributed by atoms with E-state index in [4.69, 9.17) is 17.3 Å². The summed E-state index contributed by atoms with van der Waals surface area (Å²) in [5, 5.41) is 3.22. The van der Waals surface area contributed by atoms with Gasteiger partial charge in [0.15, 0.2) is 5.16 Å². The molecule has 1 atom stereocenters. The third kappa shape index (κ3) is 3.12. The van der Waals surface area contributed by atoms with Crippen molar-refractivity contribution in [3.8, 4) is 0 Å². The second-order valence-electron chi connectivity index (χ2n) is 4.06. The van der Waals surface area contributed by atoms with Crippen LogP contribution in [0.5, 0.6) is 0 Å². The van der Waals surface area contributed by atoms with Crippen molar-refractivity contribution >= 4 is 23.4 Å². The Morgan fingerprint density at radius 1 is 1.45 bits per heavy atom. The summed E-state index contributed by atoms with van der Waals surface area (Å²) >= 11 is 7.42. The molecule has 2 rings (SSSR count). The fourth-order valence-electron chi connectivity index (χ4n) is 1.67. The molecule has 0 aliphatic heterocycles. The number of thioether (sulfide) groups is 1. The number of hydrogen-bond donors (Lipinski definition) is 2. The molecule has 0 fully saturated rings. The van der Waals surface area contributed by atoms with E-state index in [1.807, 2.05) is 18.2 Å². The minimum absolute atomic E-state index is 0.160. The SMILES string of the molecule is Cn1[nH]c(=O)c(=O)nc1SC(CN)c1ccccc1Cl. The van der Waals surface area contributed by atoms with Gasteiger partial charge in [-0.25, -0.2) is 0 Å². The van der Waals surface area contributed by atoms with Crippen LogP contribution in [0.15, 0.2) is 39.0 Å². The Kier molecular flexibility index (Phi) is 4.64. The molecule has 20 heavy (non-hydrogen) atoms. The first-order valence-electron chi connectivity index (χ1n) is 5.81. The second kappa shape index (κ2) is 6.25. The molecule has 2 aromatic rings. The number of halogens is 1. The van der Waals surface area contributed by atoms with Crippen LogP contribution in [0.1, 0.15) is 10.8 Å². The molecule has 0 amide bonds. The minimum atomic E-state index is -0.819. The van der Waals surface area contributed by atoms with Crippen LogP contribution < -0.4 is 16.9 Å². The highest BCUT2D eigenvalue weighted by molar-refractivity contribution is 7.99. The number of nitrogens with one attached hydrogen (secondary N) is 1. The Bertz CT molecular complexity index is 728. The van der Waals surface area contributed by atoms with Crippen molar-refractivity contribution in [2.75, 3.05) is 6.54 Å². The summed E-state index contributed by atoms with van der Waals surface area (Å²) in [5.41, 5.74) is 5.07. The van der Waals surface area contributed by atoms with E-state index in [1.54, 1.807) is 13.1 Å². The second-order valence-corrected chi connectivity index (χ2v) is 5.64. The number of H-pyrrole nitrogens is 1. The van der Waals surface area contributed by atoms with E-state index in [0.717, 1.165) is 5.56 Å². The third-order valence-electron chi connectivity index (χ3n) is 2.66. The molecule has 0 saturated heterocycles. The molecule has 106 valence electrons. The van der Waals surface area contributed by atoms with Crippen molar-refractivity contribution in [1.29, 1.82) is 0 Å². The number of aromatic nitrogens is 3. The monoisotopic (exact) mass is 312 g/mol. The maximum Gasteiger partial charge on any atom is 0.339 e. The molecular formula is C12H13ClN4O2S. The highest BCUT2D eigenvalue weighted by Gasteiger charge is 2.17. The topological polar surface area (TPSA) is 93.8 Å². The average molecular weight is 313 g/mol. The van der Waals surface area contributed by atoms with Gasteiger partial charge in [0.1, 0.15) is 0 Å². The van der Waals surface area contributed by atoms with Crippen LogP contribution in [0.25, 0.3) is 0 Å². The minimum Gasteiger partial charge on any atom is -0.329 e. The predicted octanol–water partition coefficient (Wildman–Crippen LogP) is 0.914. The van der Waals surface area contributed by atoms with E-state index in [9.17, 15) is 9.59 Å². The molecule has 3 N–H and O–H groups in total. The Morgan fingerprint density at radius 3 is 2.80 bits per heavy atom. The number of benzene rings is 1. The lowest BCUT2D eigenvalue weighted by Crippen LogP contribution is -2.34. The van der Waals surface area contributed by atoms with Gasteiger partial charge in [-0.05, 0) is 11.6 Å². The molecule has 8 heteroatoms. The van der Waals surface area contributed by atoms with Gasteiger partial charge in [-0.3, -0.25) is 19.4 Å². The van der Waals surface area contributed by atoms with Gasteiger partial charge in [-0.15, -0.1) is 0 Å². The van der Waals surface area contributed by atoms with Crippen molar-refractivity contribution < 1.29 is 0 Å². The van der Waals surface area contributed by atoms with Gasteiger partial charge >= 0.3 is 11.1 Å². The van der Waals surface area contributed by atoms with Gasteiger partial charge in [0.2, 0.25) is 0 Å². The van der Waals surface area contributed by atoms with Gasteiger partial charge in [0.05, 0.1) is 5.25 Å². The van der Waals surface area contributed by atoms with Crippen molar-refractivity contribution in [1.82, 2.24) is 14.8 Å². The molecule has 0 aliphatic rings. The molecule has 1 heterocycles. The molecule has 1 aromatic carbocycles. The number of nitrogens with zero attached hydrogens (tertiary/aromatic N) is 2. The fraction of sp³-hybridized carbons (Fsp3) is 0.250. The Labute approximate surface area is 124 Å². The van der Waals surface area contributed by atoms with Gasteiger partial charge in [0.25, 0.3) is 0 Å². The maximum absolute atomic E-state index is 11.3. The number of aryl methyl sites for hydroxylation is 1. The molecule has 0 bridgehead atoms. The zero-order valence-electron chi connectivity index (χ0n) is 10.7. The largest absolute Gasteiger partial charge is 0.339 e. The van der Waals surface area contributed by atoms with Crippen LogP contribution in [-0.2, 0) is 7.05 Å². The highest BCUT2D eigenvalue weighted by atomic mass is 35.5. The maximum atomic E-state index is 11.3. The van der Waals surface area contributed by atoms with Crippen LogP contribution in [0.4, 0.5) is 0 Å². The summed E-state index contributed by atoms with van der Waals surface area (Å²) in [6, 6.07) is 7.35. The Balaban J connectivity index is 2.37. The molecule has 0 spiro atoms. The van der Waals surface area contributed by atoms with Crippen LogP contribution in [0, 0.1) is 0 Å². The van der Waals surface area contributed by atoms with E-state index >= 15 is 0 Å². The van der Waals surface area contributed by atoms with Crippen molar-refractivity contribution in [3.05, 3.63) is 55.6 Å². The molecule has 0 saturated carbocycles. The first-order valence-corrected chi connectivity index (χ1v) is 7.07. The summed E-state index contributed by atoms with van der Waals surface area (Å²) in [6.45, 7) is 0.323. The van der Waals surface area contributed by atoms with E-state index in [0.29, 0.717) is 16.7 Å². The molecular weight excluding hydrogens is 300 g/mol. The van der Waals surface area contributed by atoms with E-state index in [2.05, 4.69) is 10.1 Å². The molecule has 0 radical (unpaired) electrons. The van der Waals surface area contributed by atoms with Crippen molar-refractivity contribution in [2.24, 2.45) is 12.8 Å². The number of hydrogen-bond acceptors (Lipinski definition) is 5. The van der Waals surface area contributed by atoms with Gasteiger partial charge in [-0.1, -0.05) is 41.6 Å². The first-order chi connectivity index (χ1) is 9.52. The zero-order chi connectivity index (χ0) is 14.7. The average Bonchev–Trinajstić information content (AvgIpc) is 2.42. The quantitative estimate of drug-likeness (QED) is 0.646.